The summed E-state index contributed by atoms with van der Waals surface area (Å²) >= 11 is 3.79. The lowest BCUT2D eigenvalue weighted by molar-refractivity contribution is 1.19. The normalized spacial score (nSPS) is 12.5. The quantitative estimate of drug-likeness (QED) is 0.166. The summed E-state index contributed by atoms with van der Waals surface area (Å²) in [5.41, 5.74) is 7.34. The Hall–Kier alpha value is -6.98. The first kappa shape index (κ1) is 31.1. The number of aromatic nitrogens is 2. The van der Waals surface area contributed by atoms with Crippen LogP contribution in [-0.4, -0.2) is 9.13 Å². The maximum Gasteiger partial charge on any atom is 0.0547 e. The van der Waals surface area contributed by atoms with Gasteiger partial charge in [0.1, 0.15) is 0 Å². The zero-order valence-corrected chi connectivity index (χ0v) is 32.7. The van der Waals surface area contributed by atoms with Crippen molar-refractivity contribution in [2.45, 2.75) is 0 Å². The van der Waals surface area contributed by atoms with E-state index in [4.69, 9.17) is 0 Å². The van der Waals surface area contributed by atoms with E-state index in [1.54, 1.807) is 0 Å². The van der Waals surface area contributed by atoms with Crippen LogP contribution in [0.3, 0.4) is 0 Å². The summed E-state index contributed by atoms with van der Waals surface area (Å²) in [5.74, 6) is 0. The molecule has 10 aromatic carbocycles. The Morgan fingerprint density at radius 1 is 0.259 bits per heavy atom. The SMILES string of the molecule is c1ccc2c(c1)ccc1c2c2ccccc2n1-c1ccc2sc3cc4cc5sc6ccc(-n7c8ccccc8c8c9ccccc9ccc87)cc6c5cc4cc3c2c1. The maximum absolute atomic E-state index is 2.46. The highest BCUT2D eigenvalue weighted by Crippen LogP contribution is 2.44. The van der Waals surface area contributed by atoms with Crippen molar-refractivity contribution in [3.05, 3.63) is 182 Å². The van der Waals surface area contributed by atoms with Gasteiger partial charge in [-0.1, -0.05) is 97.1 Å². The van der Waals surface area contributed by atoms with Crippen LogP contribution in [0.4, 0.5) is 0 Å². The molecule has 4 heteroatoms. The molecule has 0 aliphatic carbocycles. The standard InChI is InChI=1S/C54H30N2S2/c1-3-11-37-31(9-1)17-21-47-53(37)39-13-5-7-15-45(39)55(47)35-19-23-49-43(29-35)41-25-33-26-42-44-30-36(20-24-50(44)58-52(42)28-34(33)27-51(41)57-49)56-46-16-8-6-14-40(46)54-38-12-4-2-10-32(38)18-22-48(54)56/h1-30H. The molecular weight excluding hydrogens is 741 g/mol. The summed E-state index contributed by atoms with van der Waals surface area (Å²) in [6.07, 6.45) is 0. The molecule has 58 heavy (non-hydrogen) atoms. The fourth-order valence-electron chi connectivity index (χ4n) is 10.1. The third kappa shape index (κ3) is 4.15. The molecule has 2 nitrogen and oxygen atoms in total. The minimum atomic E-state index is 1.19. The van der Waals surface area contributed by atoms with E-state index in [9.17, 15) is 0 Å². The highest BCUT2D eigenvalue weighted by atomic mass is 32.1. The van der Waals surface area contributed by atoms with Gasteiger partial charge in [0.05, 0.1) is 22.1 Å². The van der Waals surface area contributed by atoms with Crippen molar-refractivity contribution in [1.29, 1.82) is 0 Å². The second-order valence-corrected chi connectivity index (χ2v) is 17.8. The molecule has 268 valence electrons. The van der Waals surface area contributed by atoms with Crippen LogP contribution >= 0.6 is 22.7 Å². The van der Waals surface area contributed by atoms with Gasteiger partial charge < -0.3 is 9.13 Å². The molecule has 0 spiro atoms. The van der Waals surface area contributed by atoms with E-state index in [1.807, 2.05) is 22.7 Å². The highest BCUT2D eigenvalue weighted by molar-refractivity contribution is 7.26. The number of benzene rings is 10. The lowest BCUT2D eigenvalue weighted by Gasteiger charge is -2.09. The van der Waals surface area contributed by atoms with Crippen LogP contribution in [0.1, 0.15) is 0 Å². The number of hydrogen-bond donors (Lipinski definition) is 0. The van der Waals surface area contributed by atoms with Crippen molar-refractivity contribution >= 4 is 139 Å². The Labute approximate surface area is 339 Å². The van der Waals surface area contributed by atoms with Gasteiger partial charge in [0.15, 0.2) is 0 Å². The topological polar surface area (TPSA) is 9.86 Å². The molecule has 0 saturated heterocycles. The van der Waals surface area contributed by atoms with Gasteiger partial charge >= 0.3 is 0 Å². The van der Waals surface area contributed by atoms with Crippen molar-refractivity contribution in [3.63, 3.8) is 0 Å². The van der Waals surface area contributed by atoms with Crippen molar-refractivity contribution in [2.24, 2.45) is 0 Å². The maximum atomic E-state index is 2.46. The Morgan fingerprint density at radius 3 is 1.17 bits per heavy atom. The minimum Gasteiger partial charge on any atom is -0.309 e. The van der Waals surface area contributed by atoms with E-state index in [0.717, 1.165) is 0 Å². The van der Waals surface area contributed by atoms with Gasteiger partial charge in [0.25, 0.3) is 0 Å². The van der Waals surface area contributed by atoms with Crippen LogP contribution in [0.25, 0.3) is 128 Å². The first-order valence-corrected chi connectivity index (χ1v) is 21.5. The molecular formula is C54H30N2S2. The summed E-state index contributed by atoms with van der Waals surface area (Å²) < 4.78 is 10.2. The Balaban J connectivity index is 0.968. The summed E-state index contributed by atoms with van der Waals surface area (Å²) in [7, 11) is 0. The van der Waals surface area contributed by atoms with E-state index in [2.05, 4.69) is 191 Å². The van der Waals surface area contributed by atoms with Crippen LogP contribution in [0, 0.1) is 0 Å². The van der Waals surface area contributed by atoms with Gasteiger partial charge in [-0.05, 0) is 117 Å². The van der Waals surface area contributed by atoms with Crippen LogP contribution < -0.4 is 0 Å². The third-order valence-electron chi connectivity index (χ3n) is 12.6. The molecule has 0 saturated carbocycles. The molecule has 0 N–H and O–H groups in total. The van der Waals surface area contributed by atoms with Crippen molar-refractivity contribution < 1.29 is 0 Å². The molecule has 0 radical (unpaired) electrons. The van der Waals surface area contributed by atoms with E-state index < -0.39 is 0 Å². The first-order valence-electron chi connectivity index (χ1n) is 19.8. The number of rotatable bonds is 2. The highest BCUT2D eigenvalue weighted by Gasteiger charge is 2.18. The van der Waals surface area contributed by atoms with Gasteiger partial charge in [0.2, 0.25) is 0 Å². The molecule has 4 aromatic heterocycles. The molecule has 0 aliphatic heterocycles. The molecule has 14 rings (SSSR count). The van der Waals surface area contributed by atoms with Crippen molar-refractivity contribution in [1.82, 2.24) is 9.13 Å². The second kappa shape index (κ2) is 11.3. The second-order valence-electron chi connectivity index (χ2n) is 15.7. The summed E-state index contributed by atoms with van der Waals surface area (Å²) in [4.78, 5) is 0. The van der Waals surface area contributed by atoms with Crippen LogP contribution in [0.5, 0.6) is 0 Å². The number of para-hydroxylation sites is 2. The monoisotopic (exact) mass is 770 g/mol. The van der Waals surface area contributed by atoms with Gasteiger partial charge in [-0.25, -0.2) is 0 Å². The number of thiophene rings is 2. The number of fused-ring (bicyclic) bond motifs is 17. The van der Waals surface area contributed by atoms with E-state index in [0.29, 0.717) is 0 Å². The number of nitrogens with zero attached hydrogens (tertiary/aromatic N) is 2. The van der Waals surface area contributed by atoms with Gasteiger partial charge in [-0.2, -0.15) is 0 Å². The molecule has 0 bridgehead atoms. The average Bonchev–Trinajstić information content (AvgIpc) is 4.01. The van der Waals surface area contributed by atoms with E-state index in [-0.39, 0.29) is 0 Å². The Bertz CT molecular complexity index is 3840. The molecule has 14 aromatic rings. The van der Waals surface area contributed by atoms with E-state index >= 15 is 0 Å². The van der Waals surface area contributed by atoms with E-state index in [1.165, 1.54) is 128 Å². The largest absolute Gasteiger partial charge is 0.309 e. The average molecular weight is 771 g/mol. The lowest BCUT2D eigenvalue weighted by Crippen LogP contribution is -1.93. The van der Waals surface area contributed by atoms with Crippen molar-refractivity contribution in [3.8, 4) is 11.4 Å². The number of hydrogen-bond acceptors (Lipinski definition) is 2. The Morgan fingerprint density at radius 2 is 0.672 bits per heavy atom. The lowest BCUT2D eigenvalue weighted by atomic mass is 10.0. The van der Waals surface area contributed by atoms with Gasteiger partial charge in [-0.3, -0.25) is 0 Å². The molecule has 0 unspecified atom stereocenters. The van der Waals surface area contributed by atoms with Gasteiger partial charge in [-0.15, -0.1) is 22.7 Å². The van der Waals surface area contributed by atoms with Crippen LogP contribution in [0.2, 0.25) is 0 Å². The van der Waals surface area contributed by atoms with Gasteiger partial charge in [0, 0.05) is 73.3 Å². The zero-order valence-electron chi connectivity index (χ0n) is 31.0. The fourth-order valence-corrected chi connectivity index (χ4v) is 12.3. The fraction of sp³-hybridized carbons (Fsp3) is 0. The predicted molar refractivity (Wildman–Crippen MR) is 253 cm³/mol. The third-order valence-corrected chi connectivity index (χ3v) is 14.9. The molecule has 0 aliphatic rings. The van der Waals surface area contributed by atoms with Crippen LogP contribution in [-0.2, 0) is 0 Å². The first-order chi connectivity index (χ1) is 28.7. The summed E-state index contributed by atoms with van der Waals surface area (Å²) in [6, 6.07) is 68.2. The van der Waals surface area contributed by atoms with Crippen molar-refractivity contribution in [2.75, 3.05) is 0 Å². The smallest absolute Gasteiger partial charge is 0.0547 e. The molecule has 0 amide bonds. The molecule has 0 fully saturated rings. The Kier molecular flexibility index (Phi) is 6.08. The molecule has 0 atom stereocenters. The zero-order chi connectivity index (χ0) is 37.6. The summed E-state index contributed by atoms with van der Waals surface area (Å²) in [5, 5.41) is 18.2. The summed E-state index contributed by atoms with van der Waals surface area (Å²) in [6.45, 7) is 0. The predicted octanol–water partition coefficient (Wildman–Crippen LogP) is 16.1. The molecule has 4 heterocycles. The minimum absolute atomic E-state index is 1.19. The van der Waals surface area contributed by atoms with Crippen LogP contribution in [0.15, 0.2) is 182 Å².